The number of hydrogen-bond donors (Lipinski definition) is 1. The normalized spacial score (nSPS) is 22.3. The summed E-state index contributed by atoms with van der Waals surface area (Å²) >= 11 is 3.60. The molecule has 104 valence electrons. The Labute approximate surface area is 120 Å². The van der Waals surface area contributed by atoms with Crippen molar-refractivity contribution in [3.8, 4) is 5.75 Å². The Morgan fingerprint density at radius 1 is 1.53 bits per heavy atom. The molecule has 1 aromatic rings. The number of alkyl halides is 1. The lowest BCUT2D eigenvalue weighted by Crippen LogP contribution is -2.31. The van der Waals surface area contributed by atoms with Crippen LogP contribution in [-0.4, -0.2) is 24.4 Å². The Bertz CT molecular complexity index is 467. The predicted molar refractivity (Wildman–Crippen MR) is 75.3 cm³/mol. The summed E-state index contributed by atoms with van der Waals surface area (Å²) in [5.74, 6) is -0.0824. The van der Waals surface area contributed by atoms with E-state index in [1.165, 1.54) is 25.7 Å². The van der Waals surface area contributed by atoms with Gasteiger partial charge in [-0.05, 0) is 30.9 Å². The highest BCUT2D eigenvalue weighted by Crippen LogP contribution is 2.30. The van der Waals surface area contributed by atoms with Crippen LogP contribution in [0.15, 0.2) is 18.2 Å². The van der Waals surface area contributed by atoms with E-state index in [4.69, 9.17) is 4.74 Å². The standard InChI is InChI=1S/C14H17BrFNO2/c1-19-10-5-6-11(13(16)7-10)14(18)17-8-9-3-2-4-12(9)15/h5-7,9,12H,2-4,8H2,1H3,(H,17,18). The molecule has 2 unspecified atom stereocenters. The van der Waals surface area contributed by atoms with Crippen LogP contribution in [0.25, 0.3) is 0 Å². The van der Waals surface area contributed by atoms with Crippen molar-refractivity contribution in [2.75, 3.05) is 13.7 Å². The zero-order chi connectivity index (χ0) is 13.8. The van der Waals surface area contributed by atoms with Crippen LogP contribution in [-0.2, 0) is 0 Å². The molecule has 1 fully saturated rings. The minimum absolute atomic E-state index is 0.0601. The van der Waals surface area contributed by atoms with E-state index in [2.05, 4.69) is 21.2 Å². The fourth-order valence-electron chi connectivity index (χ4n) is 2.35. The Morgan fingerprint density at radius 2 is 2.32 bits per heavy atom. The summed E-state index contributed by atoms with van der Waals surface area (Å²) in [6.07, 6.45) is 3.41. The van der Waals surface area contributed by atoms with Crippen LogP contribution < -0.4 is 10.1 Å². The van der Waals surface area contributed by atoms with Crippen LogP contribution >= 0.6 is 15.9 Å². The lowest BCUT2D eigenvalue weighted by Gasteiger charge is -2.15. The first-order valence-corrected chi connectivity index (χ1v) is 7.29. The van der Waals surface area contributed by atoms with Crippen LogP contribution in [0, 0.1) is 11.7 Å². The van der Waals surface area contributed by atoms with Crippen molar-refractivity contribution in [1.82, 2.24) is 5.32 Å². The summed E-state index contributed by atoms with van der Waals surface area (Å²) in [5, 5.41) is 2.80. The molecule has 19 heavy (non-hydrogen) atoms. The number of benzene rings is 1. The molecule has 0 aromatic heterocycles. The highest BCUT2D eigenvalue weighted by Gasteiger charge is 2.25. The van der Waals surface area contributed by atoms with Crippen molar-refractivity contribution in [3.63, 3.8) is 0 Å². The van der Waals surface area contributed by atoms with E-state index in [0.717, 1.165) is 12.8 Å². The summed E-state index contributed by atoms with van der Waals surface area (Å²) in [7, 11) is 1.46. The highest BCUT2D eigenvalue weighted by molar-refractivity contribution is 9.09. The molecular formula is C14H17BrFNO2. The van der Waals surface area contributed by atoms with Crippen molar-refractivity contribution < 1.29 is 13.9 Å². The Balaban J connectivity index is 1.96. The third-order valence-corrected chi connectivity index (χ3v) is 4.72. The second-order valence-corrected chi connectivity index (χ2v) is 5.94. The minimum atomic E-state index is -0.557. The van der Waals surface area contributed by atoms with E-state index in [1.807, 2.05) is 0 Å². The molecule has 1 N–H and O–H groups in total. The van der Waals surface area contributed by atoms with Gasteiger partial charge in [0, 0.05) is 17.4 Å². The third-order valence-electron chi connectivity index (χ3n) is 3.51. The molecule has 5 heteroatoms. The zero-order valence-corrected chi connectivity index (χ0v) is 12.4. The molecule has 0 heterocycles. The Hall–Kier alpha value is -1.10. The van der Waals surface area contributed by atoms with Crippen molar-refractivity contribution in [2.24, 2.45) is 5.92 Å². The number of rotatable bonds is 4. The Kier molecular flexibility index (Phi) is 4.80. The second-order valence-electron chi connectivity index (χ2n) is 4.76. The second kappa shape index (κ2) is 6.37. The lowest BCUT2D eigenvalue weighted by atomic mass is 10.1. The van der Waals surface area contributed by atoms with Crippen LogP contribution in [0.3, 0.4) is 0 Å². The van der Waals surface area contributed by atoms with E-state index >= 15 is 0 Å². The van der Waals surface area contributed by atoms with Crippen molar-refractivity contribution in [2.45, 2.75) is 24.1 Å². The van der Waals surface area contributed by atoms with Gasteiger partial charge in [-0.3, -0.25) is 4.79 Å². The van der Waals surface area contributed by atoms with Crippen LogP contribution in [0.4, 0.5) is 4.39 Å². The third kappa shape index (κ3) is 3.47. The topological polar surface area (TPSA) is 38.3 Å². The molecule has 1 aliphatic carbocycles. The quantitative estimate of drug-likeness (QED) is 0.862. The summed E-state index contributed by atoms with van der Waals surface area (Å²) in [4.78, 5) is 12.4. The molecule has 0 radical (unpaired) electrons. The monoisotopic (exact) mass is 329 g/mol. The number of methoxy groups -OCH3 is 1. The smallest absolute Gasteiger partial charge is 0.254 e. The van der Waals surface area contributed by atoms with E-state index in [-0.39, 0.29) is 11.5 Å². The van der Waals surface area contributed by atoms with Gasteiger partial charge in [-0.1, -0.05) is 22.4 Å². The van der Waals surface area contributed by atoms with E-state index in [0.29, 0.717) is 23.0 Å². The molecule has 0 saturated heterocycles. The molecule has 0 spiro atoms. The molecule has 1 amide bonds. The molecule has 3 nitrogen and oxygen atoms in total. The van der Waals surface area contributed by atoms with E-state index in [1.54, 1.807) is 6.07 Å². The van der Waals surface area contributed by atoms with Gasteiger partial charge in [0.1, 0.15) is 11.6 Å². The van der Waals surface area contributed by atoms with Crippen molar-refractivity contribution >= 4 is 21.8 Å². The maximum Gasteiger partial charge on any atom is 0.254 e. The van der Waals surface area contributed by atoms with Gasteiger partial charge >= 0.3 is 0 Å². The van der Waals surface area contributed by atoms with Crippen molar-refractivity contribution in [3.05, 3.63) is 29.6 Å². The summed E-state index contributed by atoms with van der Waals surface area (Å²) in [5.41, 5.74) is 0.0601. The lowest BCUT2D eigenvalue weighted by molar-refractivity contribution is 0.0943. The van der Waals surface area contributed by atoms with E-state index < -0.39 is 5.82 Å². The molecule has 2 rings (SSSR count). The number of nitrogens with one attached hydrogen (secondary N) is 1. The average Bonchev–Trinajstić information content (AvgIpc) is 2.81. The van der Waals surface area contributed by atoms with Gasteiger partial charge in [0.15, 0.2) is 0 Å². The first-order chi connectivity index (χ1) is 9.11. The molecular weight excluding hydrogens is 313 g/mol. The fourth-order valence-corrected chi connectivity index (χ4v) is 3.12. The number of carbonyl (C=O) groups is 1. The molecule has 1 saturated carbocycles. The van der Waals surface area contributed by atoms with Gasteiger partial charge in [-0.25, -0.2) is 4.39 Å². The SMILES string of the molecule is COc1ccc(C(=O)NCC2CCCC2Br)c(F)c1. The first kappa shape index (κ1) is 14.3. The maximum atomic E-state index is 13.7. The summed E-state index contributed by atoms with van der Waals surface area (Å²) < 4.78 is 18.6. The predicted octanol–water partition coefficient (Wildman–Crippen LogP) is 3.13. The van der Waals surface area contributed by atoms with Gasteiger partial charge < -0.3 is 10.1 Å². The molecule has 2 atom stereocenters. The highest BCUT2D eigenvalue weighted by atomic mass is 79.9. The molecule has 0 aliphatic heterocycles. The number of ether oxygens (including phenoxy) is 1. The molecule has 0 bridgehead atoms. The summed E-state index contributed by atoms with van der Waals surface area (Å²) in [6.45, 7) is 0.584. The van der Waals surface area contributed by atoms with Crippen LogP contribution in [0.2, 0.25) is 0 Å². The van der Waals surface area contributed by atoms with E-state index in [9.17, 15) is 9.18 Å². The minimum Gasteiger partial charge on any atom is -0.497 e. The van der Waals surface area contributed by atoms with Gasteiger partial charge in [0.2, 0.25) is 0 Å². The zero-order valence-electron chi connectivity index (χ0n) is 10.8. The number of halogens is 2. The number of hydrogen-bond acceptors (Lipinski definition) is 2. The van der Waals surface area contributed by atoms with Gasteiger partial charge in [0.05, 0.1) is 12.7 Å². The van der Waals surface area contributed by atoms with Crippen LogP contribution in [0.5, 0.6) is 5.75 Å². The van der Waals surface area contributed by atoms with Gasteiger partial charge in [-0.15, -0.1) is 0 Å². The maximum absolute atomic E-state index is 13.7. The van der Waals surface area contributed by atoms with Crippen LogP contribution in [0.1, 0.15) is 29.6 Å². The molecule has 1 aliphatic rings. The number of amides is 1. The van der Waals surface area contributed by atoms with Gasteiger partial charge in [0.25, 0.3) is 5.91 Å². The van der Waals surface area contributed by atoms with Gasteiger partial charge in [-0.2, -0.15) is 0 Å². The first-order valence-electron chi connectivity index (χ1n) is 6.37. The number of carbonyl (C=O) groups excluding carboxylic acids is 1. The molecule has 1 aromatic carbocycles. The largest absolute Gasteiger partial charge is 0.497 e. The van der Waals surface area contributed by atoms with Crippen molar-refractivity contribution in [1.29, 1.82) is 0 Å². The Morgan fingerprint density at radius 3 is 2.89 bits per heavy atom. The average molecular weight is 330 g/mol. The fraction of sp³-hybridized carbons (Fsp3) is 0.500. The summed E-state index contributed by atoms with van der Waals surface area (Å²) in [6, 6.07) is 4.25.